The number of para-hydroxylation sites is 1. The maximum Gasteiger partial charge on any atom is 0.437 e. The maximum absolute atomic E-state index is 12.8. The van der Waals surface area contributed by atoms with Gasteiger partial charge in [0.2, 0.25) is 5.89 Å². The van der Waals surface area contributed by atoms with Crippen LogP contribution in [-0.2, 0) is 17.5 Å². The number of halogens is 4. The summed E-state index contributed by atoms with van der Waals surface area (Å²) in [7, 11) is 3.48. The number of hydrogen-bond acceptors (Lipinski definition) is 6. The minimum Gasteiger partial charge on any atom is -0.426 e. The normalized spacial score (nSPS) is 13.7. The van der Waals surface area contributed by atoms with Crippen molar-refractivity contribution >= 4 is 17.6 Å². The molecule has 0 aliphatic heterocycles. The number of carbonyl (C=O) groups excluding carboxylic acids is 1. The minimum atomic E-state index is -4.49. The van der Waals surface area contributed by atoms with Gasteiger partial charge < -0.3 is 9.15 Å². The first kappa shape index (κ1) is 24.5. The Morgan fingerprint density at radius 3 is 2.36 bits per heavy atom. The zero-order chi connectivity index (χ0) is 24.2. The van der Waals surface area contributed by atoms with Gasteiger partial charge in [-0.05, 0) is 56.9 Å². The second-order valence-electron chi connectivity index (χ2n) is 7.50. The molecule has 0 saturated carbocycles. The molecule has 0 aliphatic rings. The Bertz CT molecular complexity index is 1130. The second kappa shape index (κ2) is 10.2. The molecule has 3 rings (SSSR count). The molecule has 3 aromatic rings. The molecule has 2 atom stereocenters. The van der Waals surface area contributed by atoms with Gasteiger partial charge in [-0.25, -0.2) is 4.79 Å². The fraction of sp³-hybridized carbons (Fsp3) is 0.318. The van der Waals surface area contributed by atoms with Crippen molar-refractivity contribution in [1.82, 2.24) is 14.7 Å². The van der Waals surface area contributed by atoms with Crippen molar-refractivity contribution in [3.63, 3.8) is 0 Å². The third kappa shape index (κ3) is 6.45. The van der Waals surface area contributed by atoms with Crippen molar-refractivity contribution in [2.45, 2.75) is 24.6 Å². The van der Waals surface area contributed by atoms with Gasteiger partial charge in [0, 0.05) is 5.56 Å². The van der Waals surface area contributed by atoms with E-state index in [1.807, 2.05) is 0 Å². The first-order chi connectivity index (χ1) is 15.5. The van der Waals surface area contributed by atoms with Crippen LogP contribution in [0.2, 0.25) is 0 Å². The van der Waals surface area contributed by atoms with Crippen LogP contribution in [0.1, 0.15) is 12.0 Å². The number of esters is 1. The molecule has 1 heterocycles. The number of aromatic nitrogens is 2. The number of nitrogens with zero attached hydrogens (tertiary/aromatic N) is 3. The van der Waals surface area contributed by atoms with Gasteiger partial charge in [0.15, 0.2) is 0 Å². The zero-order valence-corrected chi connectivity index (χ0v) is 18.5. The molecule has 11 heteroatoms. The molecule has 7 nitrogen and oxygen atoms in total. The molecule has 0 aliphatic carbocycles. The Balaban J connectivity index is 1.82. The molecule has 2 unspecified atom stereocenters. The summed E-state index contributed by atoms with van der Waals surface area (Å²) >= 11 is 6.31. The van der Waals surface area contributed by atoms with Crippen LogP contribution in [0.3, 0.4) is 0 Å². The van der Waals surface area contributed by atoms with Gasteiger partial charge in [0.25, 0.3) is 0 Å². The van der Waals surface area contributed by atoms with Crippen molar-refractivity contribution in [3.8, 4) is 17.2 Å². The number of ether oxygens (including phenoxy) is 1. The lowest BCUT2D eigenvalue weighted by molar-refractivity contribution is -0.140. The fourth-order valence-electron chi connectivity index (χ4n) is 2.93. The SMILES string of the molecule is CN(C)C(Cl)CC(Cn1nc(-c2ccc(C(F)(F)F)cc2)oc1=O)C(=O)Oc1ccccc1. The number of benzene rings is 2. The van der Waals surface area contributed by atoms with Gasteiger partial charge >= 0.3 is 17.9 Å². The lowest BCUT2D eigenvalue weighted by Gasteiger charge is -2.22. The molecule has 176 valence electrons. The molecule has 1 aromatic heterocycles. The van der Waals surface area contributed by atoms with Crippen LogP contribution >= 0.6 is 11.6 Å². The van der Waals surface area contributed by atoms with E-state index < -0.39 is 34.9 Å². The molecule has 0 radical (unpaired) electrons. The number of alkyl halides is 4. The highest BCUT2D eigenvalue weighted by atomic mass is 35.5. The lowest BCUT2D eigenvalue weighted by Crippen LogP contribution is -2.34. The maximum atomic E-state index is 12.8. The minimum absolute atomic E-state index is 0.148. The molecule has 0 bridgehead atoms. The summed E-state index contributed by atoms with van der Waals surface area (Å²) in [6, 6.07) is 12.5. The van der Waals surface area contributed by atoms with Crippen molar-refractivity contribution in [1.29, 1.82) is 0 Å². The summed E-state index contributed by atoms with van der Waals surface area (Å²) < 4.78 is 49.8. The van der Waals surface area contributed by atoms with Crippen molar-refractivity contribution in [2.75, 3.05) is 14.1 Å². The molecule has 33 heavy (non-hydrogen) atoms. The molecule has 0 saturated heterocycles. The average molecular weight is 484 g/mol. The van der Waals surface area contributed by atoms with Gasteiger partial charge in [-0.3, -0.25) is 9.69 Å². The van der Waals surface area contributed by atoms with Crippen LogP contribution in [0.4, 0.5) is 13.2 Å². The van der Waals surface area contributed by atoms with Gasteiger partial charge in [-0.15, -0.1) is 16.7 Å². The summed E-state index contributed by atoms with van der Waals surface area (Å²) in [6.07, 6.45) is -4.34. The average Bonchev–Trinajstić information content (AvgIpc) is 3.13. The standard InChI is InChI=1S/C22H21ClF3N3O4/c1-28(2)18(23)12-15(20(30)32-17-6-4-3-5-7-17)13-29-21(31)33-19(27-29)14-8-10-16(11-9-14)22(24,25)26/h3-11,15,18H,12-13H2,1-2H3. The van der Waals surface area contributed by atoms with Gasteiger partial charge in [0.05, 0.1) is 23.5 Å². The molecule has 0 N–H and O–H groups in total. The first-order valence-corrected chi connectivity index (χ1v) is 10.3. The van der Waals surface area contributed by atoms with Crippen molar-refractivity contribution in [2.24, 2.45) is 5.92 Å². The van der Waals surface area contributed by atoms with E-state index >= 15 is 0 Å². The van der Waals surface area contributed by atoms with E-state index in [9.17, 15) is 22.8 Å². The van der Waals surface area contributed by atoms with Gasteiger partial charge in [0.1, 0.15) is 5.75 Å². The van der Waals surface area contributed by atoms with Crippen LogP contribution in [0.5, 0.6) is 5.75 Å². The summed E-state index contributed by atoms with van der Waals surface area (Å²) in [4.78, 5) is 26.8. The molecule has 0 fully saturated rings. The topological polar surface area (TPSA) is 77.6 Å². The van der Waals surface area contributed by atoms with Crippen LogP contribution in [0, 0.1) is 5.92 Å². The lowest BCUT2D eigenvalue weighted by atomic mass is 10.1. The Labute approximate surface area is 192 Å². The van der Waals surface area contributed by atoms with E-state index in [0.717, 1.165) is 28.9 Å². The summed E-state index contributed by atoms with van der Waals surface area (Å²) in [5.74, 6) is -2.16. The van der Waals surface area contributed by atoms with E-state index in [-0.39, 0.29) is 24.4 Å². The Morgan fingerprint density at radius 1 is 1.15 bits per heavy atom. The predicted octanol–water partition coefficient (Wildman–Crippen LogP) is 4.26. The smallest absolute Gasteiger partial charge is 0.426 e. The second-order valence-corrected chi connectivity index (χ2v) is 8.00. The Hall–Kier alpha value is -3.11. The number of hydrogen-bond donors (Lipinski definition) is 0. The summed E-state index contributed by atoms with van der Waals surface area (Å²) in [6.45, 7) is -0.189. The van der Waals surface area contributed by atoms with Crippen LogP contribution in [0.25, 0.3) is 11.5 Å². The molecular weight excluding hydrogens is 463 g/mol. The van der Waals surface area contributed by atoms with Crippen molar-refractivity contribution < 1.29 is 27.1 Å². The highest BCUT2D eigenvalue weighted by molar-refractivity contribution is 6.20. The van der Waals surface area contributed by atoms with E-state index in [1.165, 1.54) is 0 Å². The van der Waals surface area contributed by atoms with E-state index in [4.69, 9.17) is 20.8 Å². The molecule has 0 spiro atoms. The largest absolute Gasteiger partial charge is 0.437 e. The van der Waals surface area contributed by atoms with E-state index in [2.05, 4.69) is 5.10 Å². The van der Waals surface area contributed by atoms with Crippen molar-refractivity contribution in [3.05, 3.63) is 70.7 Å². The van der Waals surface area contributed by atoms with Crippen LogP contribution in [-0.4, -0.2) is 40.2 Å². The summed E-state index contributed by atoms with van der Waals surface area (Å²) in [5.41, 5.74) is -1.19. The monoisotopic (exact) mass is 483 g/mol. The molecular formula is C22H21ClF3N3O4. The Morgan fingerprint density at radius 2 is 1.79 bits per heavy atom. The quantitative estimate of drug-likeness (QED) is 0.206. The number of rotatable bonds is 8. The third-order valence-corrected chi connectivity index (χ3v) is 5.36. The predicted molar refractivity (Wildman–Crippen MR) is 115 cm³/mol. The highest BCUT2D eigenvalue weighted by Gasteiger charge is 2.31. The summed E-state index contributed by atoms with van der Waals surface area (Å²) in [5, 5.41) is 4.05. The molecule has 0 amide bonds. The fourth-order valence-corrected chi connectivity index (χ4v) is 3.14. The van der Waals surface area contributed by atoms with E-state index in [0.29, 0.717) is 5.75 Å². The Kier molecular flexibility index (Phi) is 7.60. The first-order valence-electron chi connectivity index (χ1n) is 9.87. The zero-order valence-electron chi connectivity index (χ0n) is 17.8. The molecule has 2 aromatic carbocycles. The number of carbonyl (C=O) groups is 1. The van der Waals surface area contributed by atoms with Crippen LogP contribution < -0.4 is 10.5 Å². The van der Waals surface area contributed by atoms with Crippen LogP contribution in [0.15, 0.2) is 63.8 Å². The van der Waals surface area contributed by atoms with Gasteiger partial charge in [-0.2, -0.15) is 17.9 Å². The van der Waals surface area contributed by atoms with E-state index in [1.54, 1.807) is 49.3 Å². The highest BCUT2D eigenvalue weighted by Crippen LogP contribution is 2.30. The third-order valence-electron chi connectivity index (χ3n) is 4.79. The van der Waals surface area contributed by atoms with Gasteiger partial charge in [-0.1, -0.05) is 18.2 Å².